The van der Waals surface area contributed by atoms with Gasteiger partial charge in [-0.15, -0.1) is 6.58 Å². The molecule has 0 fully saturated rings. The molecule has 0 aliphatic carbocycles. The summed E-state index contributed by atoms with van der Waals surface area (Å²) in [6.07, 6.45) is 4.50. The zero-order valence-electron chi connectivity index (χ0n) is 10.1. The number of unbranched alkanes of at least 4 members (excludes halogenated alkanes) is 1. The van der Waals surface area contributed by atoms with E-state index in [4.69, 9.17) is 0 Å². The van der Waals surface area contributed by atoms with Gasteiger partial charge in [0.2, 0.25) is 0 Å². The van der Waals surface area contributed by atoms with Crippen molar-refractivity contribution in [3.63, 3.8) is 0 Å². The predicted molar refractivity (Wildman–Crippen MR) is 64.7 cm³/mol. The van der Waals surface area contributed by atoms with Crippen LogP contribution >= 0.6 is 0 Å². The lowest BCUT2D eigenvalue weighted by molar-refractivity contribution is 0.213. The summed E-state index contributed by atoms with van der Waals surface area (Å²) in [5.74, 6) is 0. The van der Waals surface area contributed by atoms with Crippen LogP contribution in [-0.2, 0) is 0 Å². The minimum atomic E-state index is 0.631. The fourth-order valence-electron chi connectivity index (χ4n) is 1.57. The molecule has 0 bridgehead atoms. The van der Waals surface area contributed by atoms with Gasteiger partial charge in [0.1, 0.15) is 0 Å². The molecule has 2 nitrogen and oxygen atoms in total. The number of nitrogens with zero attached hydrogens (tertiary/aromatic N) is 1. The van der Waals surface area contributed by atoms with Crippen LogP contribution in [0.15, 0.2) is 12.7 Å². The number of hydrogen-bond donors (Lipinski definition) is 1. The molecule has 14 heavy (non-hydrogen) atoms. The largest absolute Gasteiger partial charge is 0.312 e. The van der Waals surface area contributed by atoms with E-state index < -0.39 is 0 Å². The van der Waals surface area contributed by atoms with Crippen LogP contribution in [0.5, 0.6) is 0 Å². The summed E-state index contributed by atoms with van der Waals surface area (Å²) >= 11 is 0. The number of hydrogen-bond acceptors (Lipinski definition) is 2. The number of likely N-dealkylation sites (N-methyl/N-ethyl adjacent to an activating group) is 1. The van der Waals surface area contributed by atoms with Crippen molar-refractivity contribution in [1.82, 2.24) is 10.2 Å². The lowest BCUT2D eigenvalue weighted by Crippen LogP contribution is -2.40. The van der Waals surface area contributed by atoms with Gasteiger partial charge in [-0.1, -0.05) is 26.3 Å². The Morgan fingerprint density at radius 1 is 1.43 bits per heavy atom. The third-order valence-corrected chi connectivity index (χ3v) is 2.56. The molecule has 0 aliphatic rings. The van der Waals surface area contributed by atoms with E-state index in [2.05, 4.69) is 37.6 Å². The van der Waals surface area contributed by atoms with Crippen LogP contribution < -0.4 is 5.32 Å². The van der Waals surface area contributed by atoms with E-state index >= 15 is 0 Å². The Bertz CT molecular complexity index is 134. The van der Waals surface area contributed by atoms with Gasteiger partial charge in [-0.3, -0.25) is 4.90 Å². The maximum atomic E-state index is 3.70. The summed E-state index contributed by atoms with van der Waals surface area (Å²) in [4.78, 5) is 2.53. The maximum absolute atomic E-state index is 3.70. The monoisotopic (exact) mass is 198 g/mol. The quantitative estimate of drug-likeness (QED) is 0.452. The van der Waals surface area contributed by atoms with Crippen LogP contribution in [0.3, 0.4) is 0 Å². The van der Waals surface area contributed by atoms with E-state index in [0.717, 1.165) is 19.6 Å². The lowest BCUT2D eigenvalue weighted by Gasteiger charge is -2.27. The highest BCUT2D eigenvalue weighted by Gasteiger charge is 2.09. The van der Waals surface area contributed by atoms with Crippen molar-refractivity contribution in [1.29, 1.82) is 0 Å². The molecule has 1 atom stereocenters. The maximum Gasteiger partial charge on any atom is 0.0192 e. The Labute approximate surface area is 89.4 Å². The van der Waals surface area contributed by atoms with Crippen LogP contribution in [-0.4, -0.2) is 37.1 Å². The molecule has 0 aromatic carbocycles. The van der Waals surface area contributed by atoms with E-state index in [1.54, 1.807) is 0 Å². The molecule has 0 spiro atoms. The first-order valence-electron chi connectivity index (χ1n) is 5.81. The molecule has 2 heteroatoms. The smallest absolute Gasteiger partial charge is 0.0192 e. The van der Waals surface area contributed by atoms with Crippen molar-refractivity contribution in [2.75, 3.05) is 26.2 Å². The molecule has 0 saturated carbocycles. The van der Waals surface area contributed by atoms with Gasteiger partial charge in [-0.2, -0.15) is 0 Å². The van der Waals surface area contributed by atoms with E-state index in [-0.39, 0.29) is 0 Å². The fraction of sp³-hybridized carbons (Fsp3) is 0.833. The molecule has 0 aromatic heterocycles. The third-order valence-electron chi connectivity index (χ3n) is 2.56. The fourth-order valence-corrected chi connectivity index (χ4v) is 1.57. The van der Waals surface area contributed by atoms with Gasteiger partial charge in [0.15, 0.2) is 0 Å². The molecule has 0 saturated heterocycles. The summed E-state index contributed by atoms with van der Waals surface area (Å²) in [5.41, 5.74) is 0. The molecule has 0 rings (SSSR count). The highest BCUT2D eigenvalue weighted by molar-refractivity contribution is 4.74. The minimum absolute atomic E-state index is 0.631. The van der Waals surface area contributed by atoms with Gasteiger partial charge in [0.05, 0.1) is 0 Å². The second kappa shape index (κ2) is 9.22. The molecule has 0 radical (unpaired) electrons. The van der Waals surface area contributed by atoms with Gasteiger partial charge in [0, 0.05) is 19.1 Å². The van der Waals surface area contributed by atoms with Crippen LogP contribution in [0.25, 0.3) is 0 Å². The molecule has 0 aromatic rings. The van der Waals surface area contributed by atoms with E-state index in [1.807, 2.05) is 6.08 Å². The van der Waals surface area contributed by atoms with Crippen LogP contribution in [0.1, 0.15) is 33.6 Å². The van der Waals surface area contributed by atoms with Crippen molar-refractivity contribution in [2.24, 2.45) is 0 Å². The summed E-state index contributed by atoms with van der Waals surface area (Å²) < 4.78 is 0. The van der Waals surface area contributed by atoms with E-state index in [1.165, 1.54) is 19.4 Å². The van der Waals surface area contributed by atoms with E-state index in [0.29, 0.717) is 6.04 Å². The molecular formula is C12H26N2. The highest BCUT2D eigenvalue weighted by atomic mass is 15.2. The Kier molecular flexibility index (Phi) is 9.00. The van der Waals surface area contributed by atoms with Crippen molar-refractivity contribution in [3.8, 4) is 0 Å². The Hall–Kier alpha value is -0.340. The second-order valence-corrected chi connectivity index (χ2v) is 3.78. The summed E-state index contributed by atoms with van der Waals surface area (Å²) in [6, 6.07) is 0.631. The number of rotatable bonds is 9. The molecule has 0 aliphatic heterocycles. The zero-order chi connectivity index (χ0) is 10.8. The molecule has 84 valence electrons. The van der Waals surface area contributed by atoms with Crippen LogP contribution in [0.2, 0.25) is 0 Å². The van der Waals surface area contributed by atoms with Gasteiger partial charge < -0.3 is 5.32 Å². The lowest BCUT2D eigenvalue weighted by atomic mass is 10.2. The first kappa shape index (κ1) is 13.7. The second-order valence-electron chi connectivity index (χ2n) is 3.78. The van der Waals surface area contributed by atoms with E-state index in [9.17, 15) is 0 Å². The molecule has 1 unspecified atom stereocenters. The first-order valence-corrected chi connectivity index (χ1v) is 5.81. The topological polar surface area (TPSA) is 15.3 Å². The first-order chi connectivity index (χ1) is 6.76. The highest BCUT2D eigenvalue weighted by Crippen LogP contribution is 2.00. The summed E-state index contributed by atoms with van der Waals surface area (Å²) in [5, 5.41) is 3.37. The normalized spacial score (nSPS) is 13.1. The molecule has 1 N–H and O–H groups in total. The van der Waals surface area contributed by atoms with Gasteiger partial charge in [0.25, 0.3) is 0 Å². The predicted octanol–water partition coefficient (Wildman–Crippen LogP) is 2.27. The van der Waals surface area contributed by atoms with Crippen molar-refractivity contribution >= 4 is 0 Å². The SMILES string of the molecule is C=CCNCC(C)N(CC)CCCC. The Balaban J connectivity index is 3.66. The molecule has 0 amide bonds. The molecular weight excluding hydrogens is 172 g/mol. The van der Waals surface area contributed by atoms with Gasteiger partial charge in [-0.25, -0.2) is 0 Å². The average molecular weight is 198 g/mol. The zero-order valence-corrected chi connectivity index (χ0v) is 10.1. The Morgan fingerprint density at radius 3 is 2.64 bits per heavy atom. The van der Waals surface area contributed by atoms with Gasteiger partial charge in [-0.05, 0) is 26.4 Å². The van der Waals surface area contributed by atoms with Crippen LogP contribution in [0, 0.1) is 0 Å². The van der Waals surface area contributed by atoms with Crippen molar-refractivity contribution in [3.05, 3.63) is 12.7 Å². The Morgan fingerprint density at radius 2 is 2.14 bits per heavy atom. The third kappa shape index (κ3) is 6.17. The molecule has 0 heterocycles. The van der Waals surface area contributed by atoms with Crippen molar-refractivity contribution < 1.29 is 0 Å². The van der Waals surface area contributed by atoms with Crippen LogP contribution in [0.4, 0.5) is 0 Å². The van der Waals surface area contributed by atoms with Gasteiger partial charge >= 0.3 is 0 Å². The number of nitrogens with one attached hydrogen (secondary N) is 1. The average Bonchev–Trinajstić information content (AvgIpc) is 2.19. The minimum Gasteiger partial charge on any atom is -0.312 e. The summed E-state index contributed by atoms with van der Waals surface area (Å²) in [7, 11) is 0. The summed E-state index contributed by atoms with van der Waals surface area (Å²) in [6.45, 7) is 14.8. The van der Waals surface area contributed by atoms with Crippen molar-refractivity contribution in [2.45, 2.75) is 39.7 Å². The standard InChI is InChI=1S/C12H26N2/c1-5-8-10-14(7-3)12(4)11-13-9-6-2/h6,12-13H,2,5,7-11H2,1,3-4H3.